The van der Waals surface area contributed by atoms with Crippen LogP contribution in [0.15, 0.2) is 0 Å². The highest BCUT2D eigenvalue weighted by atomic mass is 31.1. The molecule has 0 N–H and O–H groups in total. The average molecular weight is 237 g/mol. The van der Waals surface area contributed by atoms with E-state index in [1.807, 2.05) is 0 Å². The maximum atomic E-state index is 11.4. The fraction of sp³-hybridized carbons (Fsp3) is 0.750. The molecule has 0 aromatic heterocycles. The van der Waals surface area contributed by atoms with Crippen molar-refractivity contribution in [3.63, 3.8) is 0 Å². The first-order valence-electron chi connectivity index (χ1n) is 4.26. The third-order valence-electron chi connectivity index (χ3n) is 1.19. The fourth-order valence-electron chi connectivity index (χ4n) is 0.698. The van der Waals surface area contributed by atoms with Gasteiger partial charge in [0, 0.05) is 6.92 Å². The van der Waals surface area contributed by atoms with Crippen molar-refractivity contribution in [2.45, 2.75) is 32.7 Å². The number of methoxy groups -OCH3 is 1. The molecule has 6 nitrogen and oxygen atoms in total. The molecule has 0 aromatic rings. The van der Waals surface area contributed by atoms with E-state index in [4.69, 9.17) is 4.52 Å². The predicted molar refractivity (Wildman–Crippen MR) is 51.4 cm³/mol. The summed E-state index contributed by atoms with van der Waals surface area (Å²) < 4.78 is 25.2. The van der Waals surface area contributed by atoms with Gasteiger partial charge in [-0.3, -0.25) is 4.79 Å². The quantitative estimate of drug-likeness (QED) is 0.528. The molecule has 0 aliphatic rings. The van der Waals surface area contributed by atoms with Crippen molar-refractivity contribution >= 4 is 20.0 Å². The normalized spacial score (nSPS) is 13.3. The van der Waals surface area contributed by atoms with Crippen molar-refractivity contribution in [2.24, 2.45) is 0 Å². The van der Waals surface area contributed by atoms with Gasteiger partial charge in [0.2, 0.25) is 0 Å². The van der Waals surface area contributed by atoms with Gasteiger partial charge in [-0.15, -0.1) is 4.52 Å². The molecular weight excluding hydrogens is 223 g/mol. The first-order chi connectivity index (χ1) is 6.88. The van der Waals surface area contributed by atoms with Crippen LogP contribution in [0.4, 0.5) is 0 Å². The van der Waals surface area contributed by atoms with Gasteiger partial charge in [0.1, 0.15) is 6.10 Å². The molecule has 2 atom stereocenters. The Balaban J connectivity index is 4.54. The third kappa shape index (κ3) is 5.44. The monoisotopic (exact) mass is 237 g/mol. The van der Waals surface area contributed by atoms with E-state index in [-0.39, 0.29) is 6.10 Å². The highest BCUT2D eigenvalue weighted by Gasteiger charge is 2.45. The fourth-order valence-corrected chi connectivity index (χ4v) is 1.74. The van der Waals surface area contributed by atoms with E-state index in [1.165, 1.54) is 0 Å². The van der Waals surface area contributed by atoms with E-state index < -0.39 is 25.8 Å². The Labute approximate surface area is 88.7 Å². The largest absolute Gasteiger partial charge is 0.566 e. The summed E-state index contributed by atoms with van der Waals surface area (Å²) in [5.74, 6) is -3.11. The van der Waals surface area contributed by atoms with E-state index in [9.17, 15) is 14.2 Å². The number of carbonyl (C=O) groups excluding carboxylic acids is 2. The van der Waals surface area contributed by atoms with Crippen LogP contribution in [0.1, 0.15) is 20.8 Å². The van der Waals surface area contributed by atoms with Crippen molar-refractivity contribution in [3.8, 4) is 0 Å². The third-order valence-corrected chi connectivity index (χ3v) is 2.52. The van der Waals surface area contributed by atoms with Gasteiger partial charge in [-0.25, -0.2) is 4.79 Å². The molecule has 0 amide bonds. The van der Waals surface area contributed by atoms with Gasteiger partial charge in [0.25, 0.3) is 0 Å². The summed E-state index contributed by atoms with van der Waals surface area (Å²) >= 11 is 0. The summed E-state index contributed by atoms with van der Waals surface area (Å²) in [4.78, 5) is 21.8. The highest BCUT2D eigenvalue weighted by Crippen LogP contribution is 2.32. The maximum absolute atomic E-state index is 11.4. The lowest BCUT2D eigenvalue weighted by atomic mass is 10.5. The minimum Gasteiger partial charge on any atom is -0.463 e. The van der Waals surface area contributed by atoms with Crippen LogP contribution in [0, 0.1) is 0 Å². The van der Waals surface area contributed by atoms with Gasteiger partial charge < -0.3 is 9.47 Å². The van der Waals surface area contributed by atoms with Crippen LogP contribution in [0.3, 0.4) is 0 Å². The molecule has 0 fully saturated rings. The summed E-state index contributed by atoms with van der Waals surface area (Å²) in [6.45, 7) is 4.40. The van der Waals surface area contributed by atoms with E-state index in [0.29, 0.717) is 0 Å². The number of ether oxygens (including phenoxy) is 2. The second-order valence-corrected chi connectivity index (χ2v) is 4.18. The van der Waals surface area contributed by atoms with Gasteiger partial charge in [-0.05, 0) is 18.4 Å². The van der Waals surface area contributed by atoms with Crippen molar-refractivity contribution in [1.29, 1.82) is 0 Å². The summed E-state index contributed by atoms with van der Waals surface area (Å²) in [7, 11) is -1.32. The van der Waals surface area contributed by atoms with Crippen LogP contribution in [0.2, 0.25) is 0 Å². The molecule has 0 aromatic carbocycles. The molecule has 0 aliphatic heterocycles. The van der Waals surface area contributed by atoms with Crippen molar-refractivity contribution in [3.05, 3.63) is 0 Å². The standard InChI is InChI=1S/C8H14O6P/c1-5(2)14-15(11)8(7(10)12-4)13-6(3)9/h5,8H,1-4H3/q+1. The highest BCUT2D eigenvalue weighted by molar-refractivity contribution is 7.41. The zero-order valence-corrected chi connectivity index (χ0v) is 9.95. The Kier molecular flexibility index (Phi) is 6.05. The van der Waals surface area contributed by atoms with E-state index in [0.717, 1.165) is 14.0 Å². The molecule has 15 heavy (non-hydrogen) atoms. The first-order valence-corrected chi connectivity index (χ1v) is 5.51. The topological polar surface area (TPSA) is 78.9 Å². The van der Waals surface area contributed by atoms with Crippen molar-refractivity contribution < 1.29 is 28.2 Å². The second kappa shape index (κ2) is 6.48. The Morgan fingerprint density at radius 3 is 2.13 bits per heavy atom. The molecule has 0 aliphatic carbocycles. The molecule has 0 rings (SSSR count). The smallest absolute Gasteiger partial charge is 0.463 e. The molecule has 7 heteroatoms. The second-order valence-electron chi connectivity index (χ2n) is 2.92. The minimum absolute atomic E-state index is 0.337. The van der Waals surface area contributed by atoms with Gasteiger partial charge in [0.15, 0.2) is 0 Å². The molecule has 2 unspecified atom stereocenters. The summed E-state index contributed by atoms with van der Waals surface area (Å²) in [5, 5.41) is 0. The van der Waals surface area contributed by atoms with E-state index in [2.05, 4.69) is 9.47 Å². The van der Waals surface area contributed by atoms with Crippen LogP contribution >= 0.6 is 8.03 Å². The van der Waals surface area contributed by atoms with Crippen LogP contribution < -0.4 is 0 Å². The van der Waals surface area contributed by atoms with E-state index in [1.54, 1.807) is 13.8 Å². The molecule has 0 saturated heterocycles. The number of carbonyl (C=O) groups is 2. The lowest BCUT2D eigenvalue weighted by Gasteiger charge is -2.05. The Bertz CT molecular complexity index is 262. The van der Waals surface area contributed by atoms with Crippen molar-refractivity contribution in [1.82, 2.24) is 0 Å². The van der Waals surface area contributed by atoms with Crippen molar-refractivity contribution in [2.75, 3.05) is 7.11 Å². The molecule has 0 saturated carbocycles. The first kappa shape index (κ1) is 14.0. The van der Waals surface area contributed by atoms with Crippen LogP contribution in [0.5, 0.6) is 0 Å². The molecule has 0 radical (unpaired) electrons. The number of hydrogen-bond acceptors (Lipinski definition) is 6. The summed E-state index contributed by atoms with van der Waals surface area (Å²) in [5.41, 5.74) is 0. The van der Waals surface area contributed by atoms with Gasteiger partial charge >= 0.3 is 25.8 Å². The minimum atomic E-state index is -2.43. The number of rotatable bonds is 5. The Morgan fingerprint density at radius 1 is 1.27 bits per heavy atom. The molecular formula is C8H14O6P+. The summed E-state index contributed by atoms with van der Waals surface area (Å²) in [6.07, 6.45) is -0.337. The summed E-state index contributed by atoms with van der Waals surface area (Å²) in [6, 6.07) is 0. The molecule has 0 heterocycles. The van der Waals surface area contributed by atoms with Gasteiger partial charge in [-0.2, -0.15) is 0 Å². The zero-order chi connectivity index (χ0) is 12.0. The Morgan fingerprint density at radius 2 is 1.80 bits per heavy atom. The zero-order valence-electron chi connectivity index (χ0n) is 9.05. The lowest BCUT2D eigenvalue weighted by molar-refractivity contribution is -0.159. The molecule has 0 spiro atoms. The van der Waals surface area contributed by atoms with Crippen LogP contribution in [0.25, 0.3) is 0 Å². The average Bonchev–Trinajstić information content (AvgIpc) is 2.11. The van der Waals surface area contributed by atoms with E-state index >= 15 is 0 Å². The molecule has 86 valence electrons. The van der Waals surface area contributed by atoms with Gasteiger partial charge in [-0.1, -0.05) is 0 Å². The number of esters is 2. The SMILES string of the molecule is COC(=O)C(OC(C)=O)[P+](=O)OC(C)C. The predicted octanol–water partition coefficient (Wildman–Crippen LogP) is 1.22. The maximum Gasteiger partial charge on any atom is 0.566 e. The van der Waals surface area contributed by atoms with Crippen LogP contribution in [-0.2, 0) is 28.2 Å². The number of hydrogen-bond donors (Lipinski definition) is 0. The van der Waals surface area contributed by atoms with Crippen LogP contribution in [-0.4, -0.2) is 31.0 Å². The Hall–Kier alpha value is -1.00. The lowest BCUT2D eigenvalue weighted by Crippen LogP contribution is -2.25. The molecule has 0 bridgehead atoms. The van der Waals surface area contributed by atoms with Gasteiger partial charge in [0.05, 0.1) is 7.11 Å².